The van der Waals surface area contributed by atoms with Crippen LogP contribution < -0.4 is 15.4 Å². The molecular weight excluding hydrogens is 286 g/mol. The number of nitrogens with zero attached hydrogens (tertiary/aromatic N) is 3. The Morgan fingerprint density at radius 2 is 1.91 bits per heavy atom. The number of guanidine groups is 1. The molecule has 1 aliphatic rings. The molecule has 0 unspecified atom stereocenters. The van der Waals surface area contributed by atoms with Crippen molar-refractivity contribution in [2.45, 2.75) is 13.3 Å². The molecule has 1 aliphatic heterocycles. The lowest BCUT2D eigenvalue weighted by Gasteiger charge is -2.14. The normalized spacial score (nSPS) is 14.5. The molecule has 8 nitrogen and oxygen atoms in total. The molecule has 1 saturated heterocycles. The lowest BCUT2D eigenvalue weighted by Crippen LogP contribution is -2.50. The molecule has 1 aromatic heterocycles. The van der Waals surface area contributed by atoms with Gasteiger partial charge in [0.05, 0.1) is 18.3 Å². The predicted octanol–water partition coefficient (Wildman–Crippen LogP) is 0.570. The summed E-state index contributed by atoms with van der Waals surface area (Å²) in [5.74, 6) is 0.0190. The lowest BCUT2D eigenvalue weighted by molar-refractivity contribution is -0.129. The van der Waals surface area contributed by atoms with Crippen molar-refractivity contribution >= 4 is 34.6 Å². The van der Waals surface area contributed by atoms with Crippen LogP contribution in [0.4, 0.5) is 5.95 Å². The first-order valence-electron chi connectivity index (χ1n) is 6.56. The Morgan fingerprint density at radius 1 is 1.18 bits per heavy atom. The lowest BCUT2D eigenvalue weighted by atomic mass is 10.2. The van der Waals surface area contributed by atoms with Gasteiger partial charge in [-0.3, -0.25) is 20.2 Å². The number of carbonyl (C=O) groups is 2. The summed E-state index contributed by atoms with van der Waals surface area (Å²) in [6.45, 7) is 1.83. The molecule has 8 heteroatoms. The van der Waals surface area contributed by atoms with Gasteiger partial charge >= 0.3 is 0 Å². The Balaban J connectivity index is 2.03. The van der Waals surface area contributed by atoms with E-state index in [9.17, 15) is 9.59 Å². The molecule has 22 heavy (non-hydrogen) atoms. The molecule has 0 bridgehead atoms. The minimum atomic E-state index is -0.415. The van der Waals surface area contributed by atoms with E-state index in [2.05, 4.69) is 25.6 Å². The average Bonchev–Trinajstić information content (AvgIpc) is 2.45. The van der Waals surface area contributed by atoms with Gasteiger partial charge < -0.3 is 4.74 Å². The molecule has 1 fully saturated rings. The molecule has 3 rings (SSSR count). The number of rotatable bonds is 2. The number of aliphatic imine (C=N–C) groups is 1. The van der Waals surface area contributed by atoms with Crippen LogP contribution in [0.1, 0.15) is 12.1 Å². The van der Waals surface area contributed by atoms with Crippen LogP contribution in [0, 0.1) is 6.92 Å². The zero-order valence-electron chi connectivity index (χ0n) is 12.0. The van der Waals surface area contributed by atoms with Gasteiger partial charge in [0, 0.05) is 11.5 Å². The summed E-state index contributed by atoms with van der Waals surface area (Å²) >= 11 is 0. The predicted molar refractivity (Wildman–Crippen MR) is 78.8 cm³/mol. The van der Waals surface area contributed by atoms with Gasteiger partial charge in [0.1, 0.15) is 12.2 Å². The van der Waals surface area contributed by atoms with E-state index in [4.69, 9.17) is 4.74 Å². The quantitative estimate of drug-likeness (QED) is 0.789. The van der Waals surface area contributed by atoms with Crippen LogP contribution in [0.3, 0.4) is 0 Å². The number of nitrogens with one attached hydrogen (secondary N) is 2. The maximum atomic E-state index is 11.3. The fraction of sp³-hybridized carbons (Fsp3) is 0.214. The summed E-state index contributed by atoms with van der Waals surface area (Å²) in [5.41, 5.74) is 1.40. The molecule has 112 valence electrons. The molecule has 2 N–H and O–H groups in total. The summed E-state index contributed by atoms with van der Waals surface area (Å²) in [4.78, 5) is 35.3. The van der Waals surface area contributed by atoms with Crippen molar-refractivity contribution in [1.82, 2.24) is 20.6 Å². The van der Waals surface area contributed by atoms with E-state index in [1.54, 1.807) is 13.2 Å². The highest BCUT2D eigenvalue weighted by Gasteiger charge is 2.20. The van der Waals surface area contributed by atoms with Crippen molar-refractivity contribution < 1.29 is 14.3 Å². The molecule has 0 aliphatic carbocycles. The molecule has 2 heterocycles. The fourth-order valence-electron chi connectivity index (χ4n) is 2.12. The molecule has 0 atom stereocenters. The minimum absolute atomic E-state index is 0.0305. The van der Waals surface area contributed by atoms with Gasteiger partial charge in [-0.15, -0.1) is 0 Å². The number of ether oxygens (including phenoxy) is 1. The van der Waals surface area contributed by atoms with Crippen LogP contribution in [0.5, 0.6) is 5.75 Å². The van der Waals surface area contributed by atoms with E-state index in [0.29, 0.717) is 11.3 Å². The number of aryl methyl sites for hydroxylation is 1. The van der Waals surface area contributed by atoms with Crippen molar-refractivity contribution in [2.75, 3.05) is 7.11 Å². The maximum absolute atomic E-state index is 11.3. The zero-order valence-corrected chi connectivity index (χ0v) is 12.0. The van der Waals surface area contributed by atoms with Crippen molar-refractivity contribution in [3.05, 3.63) is 23.9 Å². The van der Waals surface area contributed by atoms with Crippen molar-refractivity contribution in [3.63, 3.8) is 0 Å². The van der Waals surface area contributed by atoms with Crippen LogP contribution in [-0.2, 0) is 9.59 Å². The van der Waals surface area contributed by atoms with Crippen molar-refractivity contribution in [1.29, 1.82) is 0 Å². The van der Waals surface area contributed by atoms with Crippen LogP contribution in [-0.4, -0.2) is 34.9 Å². The average molecular weight is 299 g/mol. The Morgan fingerprint density at radius 3 is 2.59 bits per heavy atom. The summed E-state index contributed by atoms with van der Waals surface area (Å²) < 4.78 is 5.17. The highest BCUT2D eigenvalue weighted by molar-refractivity contribution is 6.16. The molecular formula is C14H13N5O3. The van der Waals surface area contributed by atoms with Gasteiger partial charge in [-0.2, -0.15) is 4.99 Å². The highest BCUT2D eigenvalue weighted by atomic mass is 16.5. The Bertz CT molecular complexity index is 797. The second-order valence-corrected chi connectivity index (χ2v) is 4.73. The monoisotopic (exact) mass is 299 g/mol. The van der Waals surface area contributed by atoms with Crippen LogP contribution in [0.2, 0.25) is 0 Å². The van der Waals surface area contributed by atoms with E-state index >= 15 is 0 Å². The number of carbonyl (C=O) groups excluding carboxylic acids is 2. The number of hydrogen-bond acceptors (Lipinski definition) is 6. The zero-order chi connectivity index (χ0) is 15.7. The first-order chi connectivity index (χ1) is 10.5. The Hall–Kier alpha value is -3.03. The highest BCUT2D eigenvalue weighted by Crippen LogP contribution is 2.23. The summed E-state index contributed by atoms with van der Waals surface area (Å²) in [7, 11) is 1.57. The van der Waals surface area contributed by atoms with E-state index in [1.165, 1.54) is 0 Å². The minimum Gasteiger partial charge on any atom is -0.497 e. The molecule has 0 saturated carbocycles. The standard InChI is InChI=1S/C14H13N5O3/c1-7-9-4-3-8(22-2)5-10(9)16-13(15-7)19-14-17-11(20)6-12(21)18-14/h3-5H,6H2,1-2H3,(H2,15,16,17,18,19,20,21). The fourth-order valence-corrected chi connectivity index (χ4v) is 2.12. The van der Waals surface area contributed by atoms with E-state index in [-0.39, 0.29) is 18.3 Å². The smallest absolute Gasteiger partial charge is 0.253 e. The van der Waals surface area contributed by atoms with Crippen molar-refractivity contribution in [2.24, 2.45) is 4.99 Å². The van der Waals surface area contributed by atoms with E-state index in [1.807, 2.05) is 19.1 Å². The number of methoxy groups -OCH3 is 1. The third-order valence-electron chi connectivity index (χ3n) is 3.13. The summed E-state index contributed by atoms with van der Waals surface area (Å²) in [6, 6.07) is 5.46. The number of amides is 2. The SMILES string of the molecule is COc1ccc2c(C)nc(N=C3NC(=O)CC(=O)N3)nc2c1. The maximum Gasteiger partial charge on any atom is 0.253 e. The Kier molecular flexibility index (Phi) is 3.42. The van der Waals surface area contributed by atoms with Crippen LogP contribution in [0.15, 0.2) is 23.2 Å². The number of benzene rings is 1. The van der Waals surface area contributed by atoms with Gasteiger partial charge in [-0.25, -0.2) is 9.97 Å². The van der Waals surface area contributed by atoms with E-state index in [0.717, 1.165) is 11.1 Å². The van der Waals surface area contributed by atoms with Crippen molar-refractivity contribution in [3.8, 4) is 5.75 Å². The summed E-state index contributed by atoms with van der Waals surface area (Å²) in [5, 5.41) is 5.80. The van der Waals surface area contributed by atoms with Gasteiger partial charge in [-0.05, 0) is 19.1 Å². The van der Waals surface area contributed by atoms with Crippen LogP contribution >= 0.6 is 0 Å². The molecule has 2 aromatic rings. The summed E-state index contributed by atoms with van der Waals surface area (Å²) in [6.07, 6.45) is -0.214. The van der Waals surface area contributed by atoms with Gasteiger partial charge in [-0.1, -0.05) is 0 Å². The first-order valence-corrected chi connectivity index (χ1v) is 6.56. The number of hydrogen-bond donors (Lipinski definition) is 2. The largest absolute Gasteiger partial charge is 0.497 e. The first kappa shape index (κ1) is 13.9. The van der Waals surface area contributed by atoms with Gasteiger partial charge in [0.2, 0.25) is 17.8 Å². The molecule has 1 aromatic carbocycles. The second kappa shape index (κ2) is 5.40. The van der Waals surface area contributed by atoms with Crippen LogP contribution in [0.25, 0.3) is 10.9 Å². The van der Waals surface area contributed by atoms with Gasteiger partial charge in [0.25, 0.3) is 5.95 Å². The molecule has 2 amide bonds. The number of aromatic nitrogens is 2. The topological polar surface area (TPSA) is 106 Å². The third kappa shape index (κ3) is 2.71. The van der Waals surface area contributed by atoms with Gasteiger partial charge in [0.15, 0.2) is 0 Å². The Labute approximate surface area is 125 Å². The molecule has 0 spiro atoms. The number of fused-ring (bicyclic) bond motifs is 1. The second-order valence-electron chi connectivity index (χ2n) is 4.73. The third-order valence-corrected chi connectivity index (χ3v) is 3.13. The van der Waals surface area contributed by atoms with E-state index < -0.39 is 11.8 Å². The molecule has 0 radical (unpaired) electrons.